The first-order chi connectivity index (χ1) is 8.94. The van der Waals surface area contributed by atoms with Gasteiger partial charge in [-0.3, -0.25) is 4.98 Å². The normalized spacial score (nSPS) is 11.1. The van der Waals surface area contributed by atoms with Crippen molar-refractivity contribution >= 4 is 12.1 Å². The van der Waals surface area contributed by atoms with Crippen LogP contribution < -0.4 is 5.32 Å². The molecule has 19 heavy (non-hydrogen) atoms. The number of hydrogen-bond donors (Lipinski definition) is 1. The van der Waals surface area contributed by atoms with E-state index in [1.807, 2.05) is 6.07 Å². The van der Waals surface area contributed by atoms with Crippen molar-refractivity contribution in [3.05, 3.63) is 30.7 Å². The Hall–Kier alpha value is -2.37. The predicted molar refractivity (Wildman–Crippen MR) is 69.6 cm³/mol. The molecule has 2 aromatic rings. The smallest absolute Gasteiger partial charge is 0.415 e. The van der Waals surface area contributed by atoms with Gasteiger partial charge in [-0.15, -0.1) is 0 Å². The lowest BCUT2D eigenvalue weighted by atomic mass is 10.2. The third-order valence-corrected chi connectivity index (χ3v) is 2.06. The summed E-state index contributed by atoms with van der Waals surface area (Å²) in [6, 6.07) is 3.72. The zero-order valence-corrected chi connectivity index (χ0v) is 11.0. The predicted octanol–water partition coefficient (Wildman–Crippen LogP) is 3.08. The van der Waals surface area contributed by atoms with Crippen molar-refractivity contribution < 1.29 is 13.9 Å². The molecule has 6 nitrogen and oxygen atoms in total. The molecule has 0 aromatic carbocycles. The second kappa shape index (κ2) is 5.09. The van der Waals surface area contributed by atoms with Crippen LogP contribution in [0.5, 0.6) is 0 Å². The van der Waals surface area contributed by atoms with E-state index in [0.29, 0.717) is 5.76 Å². The highest BCUT2D eigenvalue weighted by Crippen LogP contribution is 2.21. The van der Waals surface area contributed by atoms with Gasteiger partial charge in [0.05, 0.1) is 6.20 Å². The molecule has 100 valence electrons. The van der Waals surface area contributed by atoms with Gasteiger partial charge in [-0.05, 0) is 32.9 Å². The number of pyridine rings is 1. The summed E-state index contributed by atoms with van der Waals surface area (Å²) in [5.74, 6) is 0.527. The molecule has 2 heterocycles. The lowest BCUT2D eigenvalue weighted by molar-refractivity contribution is 0.0632. The van der Waals surface area contributed by atoms with Crippen molar-refractivity contribution in [2.75, 3.05) is 5.32 Å². The van der Waals surface area contributed by atoms with E-state index in [2.05, 4.69) is 15.3 Å². The van der Waals surface area contributed by atoms with Crippen molar-refractivity contribution in [1.82, 2.24) is 9.97 Å². The van der Waals surface area contributed by atoms with Gasteiger partial charge in [0, 0.05) is 18.0 Å². The minimum Gasteiger partial charge on any atom is -0.443 e. The Labute approximate surface area is 110 Å². The minimum atomic E-state index is -0.605. The second-order valence-corrected chi connectivity index (χ2v) is 4.90. The van der Waals surface area contributed by atoms with Crippen LogP contribution in [-0.2, 0) is 4.74 Å². The molecule has 2 aromatic heterocycles. The highest BCUT2D eigenvalue weighted by atomic mass is 16.6. The summed E-state index contributed by atoms with van der Waals surface area (Å²) in [5.41, 5.74) is 0.218. The van der Waals surface area contributed by atoms with Crippen LogP contribution in [0.25, 0.3) is 11.3 Å². The molecular weight excluding hydrogens is 246 g/mol. The molecule has 0 spiro atoms. The fourth-order valence-corrected chi connectivity index (χ4v) is 1.36. The van der Waals surface area contributed by atoms with Crippen LogP contribution >= 0.6 is 0 Å². The van der Waals surface area contributed by atoms with E-state index in [4.69, 9.17) is 9.15 Å². The number of ether oxygens (including phenoxy) is 1. The highest BCUT2D eigenvalue weighted by Gasteiger charge is 2.18. The summed E-state index contributed by atoms with van der Waals surface area (Å²) >= 11 is 0. The molecule has 0 aliphatic carbocycles. The van der Waals surface area contributed by atoms with Crippen LogP contribution in [0.2, 0.25) is 0 Å². The third kappa shape index (κ3) is 3.80. The molecule has 2 rings (SSSR count). The monoisotopic (exact) mass is 261 g/mol. The van der Waals surface area contributed by atoms with Gasteiger partial charge in [0.15, 0.2) is 5.76 Å². The second-order valence-electron chi connectivity index (χ2n) is 4.90. The van der Waals surface area contributed by atoms with Gasteiger partial charge in [-0.25, -0.2) is 15.1 Å². The van der Waals surface area contributed by atoms with E-state index in [9.17, 15) is 4.79 Å². The summed E-state index contributed by atoms with van der Waals surface area (Å²) < 4.78 is 10.5. The molecule has 0 saturated heterocycles. The Morgan fingerprint density at radius 1 is 1.37 bits per heavy atom. The molecule has 1 amide bonds. The highest BCUT2D eigenvalue weighted by molar-refractivity contribution is 5.82. The molecule has 0 saturated carbocycles. The number of oxazole rings is 1. The number of rotatable bonds is 2. The van der Waals surface area contributed by atoms with Crippen molar-refractivity contribution in [2.45, 2.75) is 26.4 Å². The van der Waals surface area contributed by atoms with Crippen molar-refractivity contribution in [1.29, 1.82) is 0 Å². The first-order valence-electron chi connectivity index (χ1n) is 5.80. The maximum absolute atomic E-state index is 11.5. The van der Waals surface area contributed by atoms with Crippen LogP contribution in [0.15, 0.2) is 35.1 Å². The summed E-state index contributed by atoms with van der Waals surface area (Å²) in [7, 11) is 0. The number of hydrogen-bond acceptors (Lipinski definition) is 5. The summed E-state index contributed by atoms with van der Waals surface area (Å²) in [6.07, 6.45) is 4.23. The number of nitrogens with zero attached hydrogens (tertiary/aromatic N) is 2. The molecule has 0 radical (unpaired) electrons. The van der Waals surface area contributed by atoms with Crippen LogP contribution in [0.3, 0.4) is 0 Å². The summed E-state index contributed by atoms with van der Waals surface area (Å²) in [5, 5.41) is 2.43. The molecule has 0 bridgehead atoms. The Bertz CT molecular complexity index is 558. The SMILES string of the molecule is CC(C)(C)OC(=O)Nc1ncc(-c2cccnc2)o1. The number of anilines is 1. The Kier molecular flexibility index (Phi) is 3.50. The van der Waals surface area contributed by atoms with Crippen LogP contribution in [0.1, 0.15) is 20.8 Å². The van der Waals surface area contributed by atoms with Gasteiger partial charge in [0.25, 0.3) is 0 Å². The summed E-state index contributed by atoms with van der Waals surface area (Å²) in [4.78, 5) is 19.5. The zero-order valence-electron chi connectivity index (χ0n) is 11.0. The maximum Gasteiger partial charge on any atom is 0.415 e. The minimum absolute atomic E-state index is 0.0908. The topological polar surface area (TPSA) is 77.2 Å². The van der Waals surface area contributed by atoms with Crippen molar-refractivity contribution in [3.63, 3.8) is 0 Å². The standard InChI is InChI=1S/C13H15N3O3/c1-13(2,3)19-12(17)16-11-15-8-10(18-11)9-5-4-6-14-7-9/h4-8H,1-3H3,(H,15,16,17). The molecule has 1 N–H and O–H groups in total. The number of nitrogens with one attached hydrogen (secondary N) is 1. The van der Waals surface area contributed by atoms with E-state index in [0.717, 1.165) is 5.56 Å². The molecule has 0 fully saturated rings. The van der Waals surface area contributed by atoms with Crippen molar-refractivity contribution in [2.24, 2.45) is 0 Å². The number of carbonyl (C=O) groups excluding carboxylic acids is 1. The van der Waals surface area contributed by atoms with Crippen LogP contribution in [0.4, 0.5) is 10.8 Å². The number of carbonyl (C=O) groups is 1. The third-order valence-electron chi connectivity index (χ3n) is 2.06. The lowest BCUT2D eigenvalue weighted by Crippen LogP contribution is -2.27. The maximum atomic E-state index is 11.5. The first-order valence-corrected chi connectivity index (χ1v) is 5.80. The molecule has 0 atom stereocenters. The van der Waals surface area contributed by atoms with Gasteiger partial charge in [0.2, 0.25) is 0 Å². The number of amides is 1. The quantitative estimate of drug-likeness (QED) is 0.898. The van der Waals surface area contributed by atoms with E-state index in [1.54, 1.807) is 39.2 Å². The lowest BCUT2D eigenvalue weighted by Gasteiger charge is -2.18. The fraction of sp³-hybridized carbons (Fsp3) is 0.308. The molecule has 6 heteroatoms. The van der Waals surface area contributed by atoms with Gasteiger partial charge >= 0.3 is 12.1 Å². The largest absolute Gasteiger partial charge is 0.443 e. The molecule has 0 unspecified atom stereocenters. The Balaban J connectivity index is 2.04. The van der Waals surface area contributed by atoms with Gasteiger partial charge < -0.3 is 9.15 Å². The van der Waals surface area contributed by atoms with Gasteiger partial charge in [-0.1, -0.05) is 0 Å². The van der Waals surface area contributed by atoms with E-state index >= 15 is 0 Å². The average Bonchev–Trinajstić information content (AvgIpc) is 2.76. The van der Waals surface area contributed by atoms with Gasteiger partial charge in [0.1, 0.15) is 5.60 Å². The van der Waals surface area contributed by atoms with Crippen LogP contribution in [0, 0.1) is 0 Å². The van der Waals surface area contributed by atoms with E-state index in [-0.39, 0.29) is 6.01 Å². The first kappa shape index (κ1) is 13.1. The fourth-order valence-electron chi connectivity index (χ4n) is 1.36. The molecule has 0 aliphatic rings. The van der Waals surface area contributed by atoms with Crippen molar-refractivity contribution in [3.8, 4) is 11.3 Å². The van der Waals surface area contributed by atoms with Crippen LogP contribution in [-0.4, -0.2) is 21.7 Å². The Morgan fingerprint density at radius 3 is 2.79 bits per heavy atom. The van der Waals surface area contributed by atoms with E-state index < -0.39 is 11.7 Å². The molecular formula is C13H15N3O3. The zero-order chi connectivity index (χ0) is 13.9. The number of aromatic nitrogens is 2. The Morgan fingerprint density at radius 2 is 2.16 bits per heavy atom. The van der Waals surface area contributed by atoms with E-state index in [1.165, 1.54) is 6.20 Å². The van der Waals surface area contributed by atoms with Gasteiger partial charge in [-0.2, -0.15) is 0 Å². The summed E-state index contributed by atoms with van der Waals surface area (Å²) in [6.45, 7) is 5.34. The molecule has 0 aliphatic heterocycles. The average molecular weight is 261 g/mol.